The van der Waals surface area contributed by atoms with Gasteiger partial charge in [-0.3, -0.25) is 0 Å². The van der Waals surface area contributed by atoms with Crippen molar-refractivity contribution in [3.8, 4) is 11.1 Å². The summed E-state index contributed by atoms with van der Waals surface area (Å²) in [5, 5.41) is 8.03. The fraction of sp³-hybridized carbons (Fsp3) is 0.286. The molecule has 1 aliphatic rings. The molecular weight excluding hydrogens is 346 g/mol. The number of piperidine rings is 1. The first-order valence-corrected chi connectivity index (χ1v) is 9.15. The van der Waals surface area contributed by atoms with Crippen LogP contribution in [0, 0.1) is 18.6 Å². The molecule has 4 nitrogen and oxygen atoms in total. The molecule has 0 aliphatic carbocycles. The number of hydrogen-bond donors (Lipinski definition) is 3. The van der Waals surface area contributed by atoms with Crippen LogP contribution in [0.3, 0.4) is 0 Å². The summed E-state index contributed by atoms with van der Waals surface area (Å²) in [6, 6.07) is 8.23. The second-order valence-corrected chi connectivity index (χ2v) is 7.04. The first kappa shape index (κ1) is 17.7. The minimum Gasteiger partial charge on any atom is -0.384 e. The van der Waals surface area contributed by atoms with Crippen LogP contribution in [-0.4, -0.2) is 24.1 Å². The Hall–Kier alpha value is -2.73. The molecule has 0 unspecified atom stereocenters. The summed E-state index contributed by atoms with van der Waals surface area (Å²) in [5.74, 6) is -0.575. The van der Waals surface area contributed by atoms with Crippen LogP contribution in [0.25, 0.3) is 21.9 Å². The first-order valence-electron chi connectivity index (χ1n) is 9.15. The van der Waals surface area contributed by atoms with Gasteiger partial charge in [-0.05, 0) is 56.6 Å². The smallest absolute Gasteiger partial charge is 0.154 e. The third-order valence-corrected chi connectivity index (χ3v) is 5.16. The van der Waals surface area contributed by atoms with Crippen LogP contribution >= 0.6 is 0 Å². The van der Waals surface area contributed by atoms with Gasteiger partial charge in [-0.2, -0.15) is 0 Å². The highest BCUT2D eigenvalue weighted by Gasteiger charge is 2.22. The number of nitrogens with zero attached hydrogens (tertiary/aromatic N) is 1. The van der Waals surface area contributed by atoms with Crippen LogP contribution < -0.4 is 16.4 Å². The molecule has 0 atom stereocenters. The molecule has 1 aromatic heterocycles. The lowest BCUT2D eigenvalue weighted by molar-refractivity contribution is 0.477. The maximum Gasteiger partial charge on any atom is 0.154 e. The number of pyridine rings is 1. The maximum atomic E-state index is 15.6. The van der Waals surface area contributed by atoms with Gasteiger partial charge in [-0.1, -0.05) is 12.1 Å². The van der Waals surface area contributed by atoms with Crippen molar-refractivity contribution in [2.24, 2.45) is 0 Å². The zero-order valence-electron chi connectivity index (χ0n) is 15.2. The number of aryl methyl sites for hydroxylation is 1. The van der Waals surface area contributed by atoms with Crippen molar-refractivity contribution in [1.29, 1.82) is 0 Å². The third kappa shape index (κ3) is 3.32. The summed E-state index contributed by atoms with van der Waals surface area (Å²) < 4.78 is 30.2. The minimum atomic E-state index is -0.458. The Morgan fingerprint density at radius 2 is 1.96 bits per heavy atom. The standard InChI is InChI=1S/C21H22F2N4/c1-12-3-2-4-17(22)19(12)16-9-13-11-26-18(24)10-15(13)21(20(16)23)27-14-5-7-25-8-6-14/h2-4,9-11,14,25,27H,5-8H2,1H3,(H2,24,26). The molecular formula is C21H22F2N4. The molecule has 2 heterocycles. The fourth-order valence-electron chi connectivity index (χ4n) is 3.75. The number of hydrogen-bond acceptors (Lipinski definition) is 4. The van der Waals surface area contributed by atoms with Crippen molar-refractivity contribution in [2.75, 3.05) is 24.1 Å². The Morgan fingerprint density at radius 1 is 1.19 bits per heavy atom. The molecule has 0 amide bonds. The van der Waals surface area contributed by atoms with Gasteiger partial charge < -0.3 is 16.4 Å². The normalized spacial score (nSPS) is 15.2. The average molecular weight is 368 g/mol. The van der Waals surface area contributed by atoms with Gasteiger partial charge in [0.25, 0.3) is 0 Å². The van der Waals surface area contributed by atoms with Crippen molar-refractivity contribution >= 4 is 22.3 Å². The van der Waals surface area contributed by atoms with Gasteiger partial charge in [0, 0.05) is 34.1 Å². The second kappa shape index (κ2) is 7.12. The van der Waals surface area contributed by atoms with E-state index in [2.05, 4.69) is 15.6 Å². The number of nitrogens with one attached hydrogen (secondary N) is 2. The van der Waals surface area contributed by atoms with Gasteiger partial charge in [0.1, 0.15) is 11.6 Å². The fourth-order valence-corrected chi connectivity index (χ4v) is 3.75. The Balaban J connectivity index is 1.93. The Labute approximate surface area is 156 Å². The van der Waals surface area contributed by atoms with Gasteiger partial charge in [-0.15, -0.1) is 0 Å². The lowest BCUT2D eigenvalue weighted by Crippen LogP contribution is -2.35. The number of benzene rings is 2. The van der Waals surface area contributed by atoms with Crippen LogP contribution in [0.2, 0.25) is 0 Å². The molecule has 27 heavy (non-hydrogen) atoms. The van der Waals surface area contributed by atoms with Crippen LogP contribution in [0.1, 0.15) is 18.4 Å². The number of anilines is 2. The van der Waals surface area contributed by atoms with E-state index in [-0.39, 0.29) is 17.2 Å². The topological polar surface area (TPSA) is 63.0 Å². The highest BCUT2D eigenvalue weighted by Crippen LogP contribution is 2.38. The first-order chi connectivity index (χ1) is 13.0. The Bertz CT molecular complexity index is 977. The molecule has 0 saturated carbocycles. The lowest BCUT2D eigenvalue weighted by atomic mass is 9.95. The minimum absolute atomic E-state index is 0.148. The SMILES string of the molecule is Cc1cccc(F)c1-c1cc2cnc(N)cc2c(NC2CCNCC2)c1F. The van der Waals surface area contributed by atoms with E-state index in [1.54, 1.807) is 37.4 Å². The average Bonchev–Trinajstić information content (AvgIpc) is 2.66. The summed E-state index contributed by atoms with van der Waals surface area (Å²) in [4.78, 5) is 4.13. The highest BCUT2D eigenvalue weighted by atomic mass is 19.1. The largest absolute Gasteiger partial charge is 0.384 e. The van der Waals surface area contributed by atoms with E-state index in [9.17, 15) is 4.39 Å². The van der Waals surface area contributed by atoms with Gasteiger partial charge in [0.15, 0.2) is 5.82 Å². The summed E-state index contributed by atoms with van der Waals surface area (Å²) in [7, 11) is 0. The molecule has 140 valence electrons. The summed E-state index contributed by atoms with van der Waals surface area (Å²) in [5.41, 5.74) is 7.41. The number of nitrogens with two attached hydrogens (primary N) is 1. The Morgan fingerprint density at radius 3 is 2.70 bits per heavy atom. The monoisotopic (exact) mass is 368 g/mol. The van der Waals surface area contributed by atoms with Crippen LogP contribution in [-0.2, 0) is 0 Å². The molecule has 1 fully saturated rings. The molecule has 2 aromatic carbocycles. The van der Waals surface area contributed by atoms with E-state index in [1.807, 2.05) is 0 Å². The van der Waals surface area contributed by atoms with Gasteiger partial charge in [0.05, 0.1) is 5.69 Å². The van der Waals surface area contributed by atoms with E-state index < -0.39 is 11.6 Å². The summed E-state index contributed by atoms with van der Waals surface area (Å²) in [6.07, 6.45) is 3.40. The molecule has 0 spiro atoms. The van der Waals surface area contributed by atoms with Gasteiger partial charge in [-0.25, -0.2) is 13.8 Å². The number of aromatic nitrogens is 1. The van der Waals surface area contributed by atoms with E-state index in [4.69, 9.17) is 5.73 Å². The van der Waals surface area contributed by atoms with E-state index in [0.717, 1.165) is 31.3 Å². The number of halogens is 2. The van der Waals surface area contributed by atoms with Crippen molar-refractivity contribution < 1.29 is 8.78 Å². The molecule has 0 radical (unpaired) electrons. The quantitative estimate of drug-likeness (QED) is 0.647. The van der Waals surface area contributed by atoms with Crippen molar-refractivity contribution in [3.63, 3.8) is 0 Å². The molecule has 4 N–H and O–H groups in total. The van der Waals surface area contributed by atoms with Crippen molar-refractivity contribution in [1.82, 2.24) is 10.3 Å². The van der Waals surface area contributed by atoms with E-state index in [1.165, 1.54) is 6.07 Å². The predicted octanol–water partition coefficient (Wildman–Crippen LogP) is 4.23. The lowest BCUT2D eigenvalue weighted by Gasteiger charge is -2.26. The number of nitrogen functional groups attached to an aromatic ring is 1. The van der Waals surface area contributed by atoms with Crippen LogP contribution in [0.5, 0.6) is 0 Å². The number of fused-ring (bicyclic) bond motifs is 1. The van der Waals surface area contributed by atoms with E-state index in [0.29, 0.717) is 22.5 Å². The molecule has 3 aromatic rings. The molecule has 1 aliphatic heterocycles. The van der Waals surface area contributed by atoms with E-state index >= 15 is 4.39 Å². The predicted molar refractivity (Wildman–Crippen MR) is 106 cm³/mol. The van der Waals surface area contributed by atoms with Crippen LogP contribution in [0.4, 0.5) is 20.3 Å². The summed E-state index contributed by atoms with van der Waals surface area (Å²) in [6.45, 7) is 3.54. The Kier molecular flexibility index (Phi) is 4.66. The molecule has 4 rings (SSSR count). The molecule has 0 bridgehead atoms. The number of rotatable bonds is 3. The van der Waals surface area contributed by atoms with Crippen molar-refractivity contribution in [3.05, 3.63) is 53.7 Å². The zero-order chi connectivity index (χ0) is 19.0. The molecule has 6 heteroatoms. The van der Waals surface area contributed by atoms with Crippen molar-refractivity contribution in [2.45, 2.75) is 25.8 Å². The zero-order valence-corrected chi connectivity index (χ0v) is 15.2. The third-order valence-electron chi connectivity index (χ3n) is 5.16. The van der Waals surface area contributed by atoms with Gasteiger partial charge in [0.2, 0.25) is 0 Å². The maximum absolute atomic E-state index is 15.6. The van der Waals surface area contributed by atoms with Crippen LogP contribution in [0.15, 0.2) is 36.5 Å². The molecule has 1 saturated heterocycles. The second-order valence-electron chi connectivity index (χ2n) is 7.04. The summed E-state index contributed by atoms with van der Waals surface area (Å²) >= 11 is 0. The van der Waals surface area contributed by atoms with Gasteiger partial charge >= 0.3 is 0 Å². The highest BCUT2D eigenvalue weighted by molar-refractivity contribution is 5.99.